The number of hydroxylamine groups is 1. The molecule has 1 fully saturated rings. The molecule has 0 bridgehead atoms. The van der Waals surface area contributed by atoms with Gasteiger partial charge in [0.1, 0.15) is 0 Å². The summed E-state index contributed by atoms with van der Waals surface area (Å²) >= 11 is 0. The van der Waals surface area contributed by atoms with Crippen LogP contribution in [0.25, 0.3) is 0 Å². The van der Waals surface area contributed by atoms with Crippen molar-refractivity contribution in [3.8, 4) is 0 Å². The fraction of sp³-hybridized carbons (Fsp3) is 0.500. The largest absolute Gasteiger partial charge is 0.324 e. The van der Waals surface area contributed by atoms with Crippen molar-refractivity contribution in [3.05, 3.63) is 30.3 Å². The molecule has 0 radical (unpaired) electrons. The van der Waals surface area contributed by atoms with Gasteiger partial charge >= 0.3 is 6.03 Å². The lowest BCUT2D eigenvalue weighted by Gasteiger charge is -2.32. The van der Waals surface area contributed by atoms with Crippen LogP contribution in [0.3, 0.4) is 0 Å². The summed E-state index contributed by atoms with van der Waals surface area (Å²) in [5.41, 5.74) is 2.44. The van der Waals surface area contributed by atoms with Crippen LogP contribution in [0.2, 0.25) is 0 Å². The number of nitrogens with zero attached hydrogens (tertiary/aromatic N) is 1. The minimum atomic E-state index is -0.352. The summed E-state index contributed by atoms with van der Waals surface area (Å²) < 4.78 is 0. The second-order valence-corrected chi connectivity index (χ2v) is 5.68. The van der Waals surface area contributed by atoms with Crippen molar-refractivity contribution >= 4 is 17.6 Å². The molecule has 3 N–H and O–H groups in total. The number of anilines is 1. The number of carbonyl (C=O) groups excluding carboxylic acids is 2. The van der Waals surface area contributed by atoms with Crippen molar-refractivity contribution in [2.24, 2.45) is 5.92 Å². The van der Waals surface area contributed by atoms with E-state index >= 15 is 0 Å². The number of likely N-dealkylation sites (tertiary alicyclic amines) is 1. The second kappa shape index (κ2) is 8.38. The van der Waals surface area contributed by atoms with Gasteiger partial charge in [0.25, 0.3) is 0 Å². The molecule has 1 aromatic rings. The monoisotopic (exact) mass is 305 g/mol. The zero-order valence-corrected chi connectivity index (χ0v) is 12.6. The average Bonchev–Trinajstić information content (AvgIpc) is 2.56. The first-order chi connectivity index (χ1) is 10.7. The molecular weight excluding hydrogens is 282 g/mol. The molecule has 22 heavy (non-hydrogen) atoms. The van der Waals surface area contributed by atoms with Crippen molar-refractivity contribution < 1.29 is 14.8 Å². The third-order valence-corrected chi connectivity index (χ3v) is 3.97. The Morgan fingerprint density at radius 3 is 2.77 bits per heavy atom. The van der Waals surface area contributed by atoms with Crippen LogP contribution in [0.5, 0.6) is 0 Å². The summed E-state index contributed by atoms with van der Waals surface area (Å²) in [6, 6.07) is 9.36. The molecule has 1 atom stereocenters. The van der Waals surface area contributed by atoms with E-state index < -0.39 is 0 Å². The van der Waals surface area contributed by atoms with Gasteiger partial charge < -0.3 is 10.2 Å². The van der Waals surface area contributed by atoms with E-state index in [2.05, 4.69) is 5.32 Å². The van der Waals surface area contributed by atoms with Gasteiger partial charge in [0.15, 0.2) is 0 Å². The van der Waals surface area contributed by atoms with E-state index in [9.17, 15) is 9.59 Å². The lowest BCUT2D eigenvalue weighted by Crippen LogP contribution is -2.42. The topological polar surface area (TPSA) is 81.7 Å². The van der Waals surface area contributed by atoms with Crippen molar-refractivity contribution in [2.75, 3.05) is 18.4 Å². The van der Waals surface area contributed by atoms with Crippen molar-refractivity contribution in [1.82, 2.24) is 10.4 Å². The van der Waals surface area contributed by atoms with E-state index in [1.165, 1.54) is 0 Å². The number of nitrogens with one attached hydrogen (secondary N) is 2. The number of benzene rings is 1. The summed E-state index contributed by atoms with van der Waals surface area (Å²) in [5.74, 6) is 0.0660. The molecule has 1 aromatic carbocycles. The molecule has 0 unspecified atom stereocenters. The van der Waals surface area contributed by atoms with Gasteiger partial charge in [0.05, 0.1) is 0 Å². The van der Waals surface area contributed by atoms with Crippen molar-refractivity contribution in [3.63, 3.8) is 0 Å². The minimum absolute atomic E-state index is 0.0657. The third kappa shape index (κ3) is 5.04. The molecule has 2 rings (SSSR count). The summed E-state index contributed by atoms with van der Waals surface area (Å²) in [7, 11) is 0. The Balaban J connectivity index is 1.77. The minimum Gasteiger partial charge on any atom is -0.324 e. The molecule has 0 spiro atoms. The maximum absolute atomic E-state index is 12.3. The molecule has 0 aliphatic carbocycles. The lowest BCUT2D eigenvalue weighted by atomic mass is 9.93. The van der Waals surface area contributed by atoms with E-state index in [-0.39, 0.29) is 11.9 Å². The first-order valence-corrected chi connectivity index (χ1v) is 7.73. The number of carbonyl (C=O) groups is 2. The highest BCUT2D eigenvalue weighted by molar-refractivity contribution is 5.89. The molecular formula is C16H23N3O3. The van der Waals surface area contributed by atoms with Crippen LogP contribution in [0, 0.1) is 5.92 Å². The molecule has 120 valence electrons. The van der Waals surface area contributed by atoms with E-state index in [4.69, 9.17) is 5.21 Å². The molecule has 6 heteroatoms. The first kappa shape index (κ1) is 16.3. The van der Waals surface area contributed by atoms with E-state index in [0.717, 1.165) is 44.5 Å². The van der Waals surface area contributed by atoms with Gasteiger partial charge in [-0.15, -0.1) is 0 Å². The maximum atomic E-state index is 12.3. The standard InChI is InChI=1S/C16H23N3O3/c20-15(18-22)10-4-6-13-7-5-11-19(12-13)16(21)17-14-8-2-1-3-9-14/h1-3,8-9,13,22H,4-7,10-12H2,(H,17,21)(H,18,20)/t13-/m1/s1. The maximum Gasteiger partial charge on any atom is 0.321 e. The van der Waals surface area contributed by atoms with Crippen LogP contribution in [-0.4, -0.2) is 35.1 Å². The normalized spacial score (nSPS) is 17.9. The number of para-hydroxylation sites is 1. The predicted octanol–water partition coefficient (Wildman–Crippen LogP) is 2.61. The zero-order chi connectivity index (χ0) is 15.8. The number of urea groups is 1. The summed E-state index contributed by atoms with van der Waals surface area (Å²) in [6.07, 6.45) is 4.01. The van der Waals surface area contributed by atoms with Crippen LogP contribution in [0.1, 0.15) is 32.1 Å². The molecule has 1 heterocycles. The van der Waals surface area contributed by atoms with Gasteiger partial charge in [-0.2, -0.15) is 0 Å². The van der Waals surface area contributed by atoms with Crippen LogP contribution < -0.4 is 10.8 Å². The lowest BCUT2D eigenvalue weighted by molar-refractivity contribution is -0.129. The van der Waals surface area contributed by atoms with Gasteiger partial charge in [-0.05, 0) is 43.7 Å². The Morgan fingerprint density at radius 1 is 1.27 bits per heavy atom. The third-order valence-electron chi connectivity index (χ3n) is 3.97. The number of hydrogen-bond donors (Lipinski definition) is 3. The predicted molar refractivity (Wildman–Crippen MR) is 83.5 cm³/mol. The average molecular weight is 305 g/mol. The Bertz CT molecular complexity index is 493. The van der Waals surface area contributed by atoms with Crippen molar-refractivity contribution in [2.45, 2.75) is 32.1 Å². The van der Waals surface area contributed by atoms with E-state index in [1.54, 1.807) is 5.48 Å². The number of rotatable bonds is 5. The quantitative estimate of drug-likeness (QED) is 0.577. The smallest absolute Gasteiger partial charge is 0.321 e. The highest BCUT2D eigenvalue weighted by atomic mass is 16.5. The molecule has 1 aliphatic heterocycles. The van der Waals surface area contributed by atoms with Crippen molar-refractivity contribution in [1.29, 1.82) is 0 Å². The van der Waals surface area contributed by atoms with E-state index in [0.29, 0.717) is 12.3 Å². The molecule has 3 amide bonds. The Hall–Kier alpha value is -2.08. The summed E-state index contributed by atoms with van der Waals surface area (Å²) in [5, 5.41) is 11.4. The molecule has 1 saturated heterocycles. The van der Waals surface area contributed by atoms with Crippen LogP contribution in [0.4, 0.5) is 10.5 Å². The van der Waals surface area contributed by atoms with Gasteiger partial charge in [0, 0.05) is 25.2 Å². The zero-order valence-electron chi connectivity index (χ0n) is 12.6. The molecule has 1 aliphatic rings. The number of amides is 3. The van der Waals surface area contributed by atoms with Gasteiger partial charge in [0.2, 0.25) is 5.91 Å². The van der Waals surface area contributed by atoms with Gasteiger partial charge in [-0.25, -0.2) is 10.3 Å². The van der Waals surface area contributed by atoms with Crippen LogP contribution in [0.15, 0.2) is 30.3 Å². The highest BCUT2D eigenvalue weighted by Crippen LogP contribution is 2.22. The Labute approximate surface area is 130 Å². The fourth-order valence-electron chi connectivity index (χ4n) is 2.82. The molecule has 0 aromatic heterocycles. The highest BCUT2D eigenvalue weighted by Gasteiger charge is 2.23. The SMILES string of the molecule is O=C(CCC[C@@H]1CCCN(C(=O)Nc2ccccc2)C1)NO. The van der Waals surface area contributed by atoms with Crippen LogP contribution in [-0.2, 0) is 4.79 Å². The Morgan fingerprint density at radius 2 is 2.05 bits per heavy atom. The second-order valence-electron chi connectivity index (χ2n) is 5.68. The van der Waals surface area contributed by atoms with E-state index in [1.807, 2.05) is 35.2 Å². The Kier molecular flexibility index (Phi) is 6.21. The molecule has 6 nitrogen and oxygen atoms in total. The fourth-order valence-corrected chi connectivity index (χ4v) is 2.82. The van der Waals surface area contributed by atoms with Gasteiger partial charge in [-0.1, -0.05) is 18.2 Å². The first-order valence-electron chi connectivity index (χ1n) is 7.73. The molecule has 0 saturated carbocycles. The summed E-state index contributed by atoms with van der Waals surface area (Å²) in [4.78, 5) is 25.1. The van der Waals surface area contributed by atoms with Crippen LogP contribution >= 0.6 is 0 Å². The summed E-state index contributed by atoms with van der Waals surface area (Å²) in [6.45, 7) is 1.49. The number of hydrogen-bond acceptors (Lipinski definition) is 3. The van der Waals surface area contributed by atoms with Gasteiger partial charge in [-0.3, -0.25) is 10.0 Å². The number of piperidine rings is 1.